The van der Waals surface area contributed by atoms with E-state index in [4.69, 9.17) is 16.3 Å². The van der Waals surface area contributed by atoms with Gasteiger partial charge in [-0.15, -0.1) is 0 Å². The summed E-state index contributed by atoms with van der Waals surface area (Å²) in [5.74, 6) is 0.822. The van der Waals surface area contributed by atoms with Gasteiger partial charge in [-0.05, 0) is 36.8 Å². The standard InChI is InChI=1S/C19H20ClN3O3S/c1-3-27(24,25)21-13-14-4-6-15(7-5-14)18-12-19(20)22-23(18)16-8-10-17(26-2)11-9-16/h4-12,21H,3,13H2,1-2H3. The fourth-order valence-electron chi connectivity index (χ4n) is 2.57. The predicted octanol–water partition coefficient (Wildman–Crippen LogP) is 3.64. The predicted molar refractivity (Wildman–Crippen MR) is 107 cm³/mol. The summed E-state index contributed by atoms with van der Waals surface area (Å²) in [6.45, 7) is 1.87. The lowest BCUT2D eigenvalue weighted by molar-refractivity contribution is 0.414. The van der Waals surface area contributed by atoms with Crippen molar-refractivity contribution in [2.45, 2.75) is 13.5 Å². The lowest BCUT2D eigenvalue weighted by atomic mass is 10.1. The number of halogens is 1. The lowest BCUT2D eigenvalue weighted by Gasteiger charge is -2.09. The molecule has 0 amide bonds. The number of ether oxygens (including phenoxy) is 1. The zero-order chi connectivity index (χ0) is 19.4. The molecule has 142 valence electrons. The maximum atomic E-state index is 11.6. The molecule has 0 aliphatic heterocycles. The van der Waals surface area contributed by atoms with E-state index in [1.807, 2.05) is 48.5 Å². The minimum Gasteiger partial charge on any atom is -0.497 e. The number of methoxy groups -OCH3 is 1. The normalized spacial score (nSPS) is 11.5. The van der Waals surface area contributed by atoms with Crippen LogP contribution in [0.15, 0.2) is 54.6 Å². The van der Waals surface area contributed by atoms with E-state index in [0.717, 1.165) is 28.3 Å². The van der Waals surface area contributed by atoms with Gasteiger partial charge in [0.25, 0.3) is 0 Å². The van der Waals surface area contributed by atoms with Crippen molar-refractivity contribution in [2.24, 2.45) is 0 Å². The Labute approximate surface area is 163 Å². The monoisotopic (exact) mass is 405 g/mol. The van der Waals surface area contributed by atoms with Crippen LogP contribution in [0.5, 0.6) is 5.75 Å². The summed E-state index contributed by atoms with van der Waals surface area (Å²) in [6, 6.07) is 16.9. The Morgan fingerprint density at radius 2 is 1.78 bits per heavy atom. The van der Waals surface area contributed by atoms with E-state index in [1.54, 1.807) is 24.8 Å². The first kappa shape index (κ1) is 19.4. The molecule has 2 aromatic carbocycles. The highest BCUT2D eigenvalue weighted by atomic mass is 35.5. The Morgan fingerprint density at radius 1 is 1.11 bits per heavy atom. The molecule has 3 aromatic rings. The van der Waals surface area contributed by atoms with E-state index in [0.29, 0.717) is 5.15 Å². The van der Waals surface area contributed by atoms with Crippen LogP contribution in [0.4, 0.5) is 0 Å². The van der Waals surface area contributed by atoms with Gasteiger partial charge in [0, 0.05) is 18.2 Å². The molecule has 0 aliphatic rings. The maximum Gasteiger partial charge on any atom is 0.211 e. The van der Waals surface area contributed by atoms with Crippen molar-refractivity contribution in [3.05, 3.63) is 65.3 Å². The molecule has 8 heteroatoms. The highest BCUT2D eigenvalue weighted by Crippen LogP contribution is 2.27. The molecule has 0 fully saturated rings. The second kappa shape index (κ2) is 8.12. The van der Waals surface area contributed by atoms with Gasteiger partial charge in [0.2, 0.25) is 10.0 Å². The van der Waals surface area contributed by atoms with Crippen LogP contribution in [-0.4, -0.2) is 31.1 Å². The highest BCUT2D eigenvalue weighted by Gasteiger charge is 2.12. The SMILES string of the molecule is CCS(=O)(=O)NCc1ccc(-c2cc(Cl)nn2-c2ccc(OC)cc2)cc1. The van der Waals surface area contributed by atoms with Crippen molar-refractivity contribution in [2.75, 3.05) is 12.9 Å². The summed E-state index contributed by atoms with van der Waals surface area (Å²) < 4.78 is 32.6. The van der Waals surface area contributed by atoms with Gasteiger partial charge < -0.3 is 4.74 Å². The van der Waals surface area contributed by atoms with Crippen molar-refractivity contribution in [3.63, 3.8) is 0 Å². The first-order valence-corrected chi connectivity index (χ1v) is 10.4. The summed E-state index contributed by atoms with van der Waals surface area (Å²) in [5, 5.41) is 4.75. The fraction of sp³-hybridized carbons (Fsp3) is 0.211. The molecule has 0 aliphatic carbocycles. The van der Waals surface area contributed by atoms with E-state index in [-0.39, 0.29) is 12.3 Å². The molecule has 0 radical (unpaired) electrons. The summed E-state index contributed by atoms with van der Waals surface area (Å²) in [5.41, 5.74) is 3.49. The Morgan fingerprint density at radius 3 is 2.37 bits per heavy atom. The van der Waals surface area contributed by atoms with Crippen molar-refractivity contribution in [1.82, 2.24) is 14.5 Å². The quantitative estimate of drug-likeness (QED) is 0.651. The highest BCUT2D eigenvalue weighted by molar-refractivity contribution is 7.89. The zero-order valence-corrected chi connectivity index (χ0v) is 16.6. The number of benzene rings is 2. The van der Waals surface area contributed by atoms with E-state index in [9.17, 15) is 8.42 Å². The molecule has 0 atom stereocenters. The second-order valence-corrected chi connectivity index (χ2v) is 8.37. The van der Waals surface area contributed by atoms with E-state index in [2.05, 4.69) is 9.82 Å². The number of nitrogens with one attached hydrogen (secondary N) is 1. The van der Waals surface area contributed by atoms with Crippen LogP contribution in [-0.2, 0) is 16.6 Å². The number of nitrogens with zero attached hydrogens (tertiary/aromatic N) is 2. The Kier molecular flexibility index (Phi) is 5.84. The van der Waals surface area contributed by atoms with Crippen LogP contribution in [0.25, 0.3) is 16.9 Å². The molecule has 1 heterocycles. The first-order chi connectivity index (χ1) is 12.9. The van der Waals surface area contributed by atoms with Gasteiger partial charge >= 0.3 is 0 Å². The van der Waals surface area contributed by atoms with E-state index in [1.165, 1.54) is 0 Å². The average Bonchev–Trinajstić information content (AvgIpc) is 3.08. The number of hydrogen-bond acceptors (Lipinski definition) is 4. The average molecular weight is 406 g/mol. The molecule has 0 saturated carbocycles. The van der Waals surface area contributed by atoms with Crippen LogP contribution >= 0.6 is 11.6 Å². The number of hydrogen-bond donors (Lipinski definition) is 1. The molecule has 0 unspecified atom stereocenters. The molecule has 0 saturated heterocycles. The second-order valence-electron chi connectivity index (χ2n) is 5.88. The Bertz CT molecular complexity index is 1010. The number of sulfonamides is 1. The summed E-state index contributed by atoms with van der Waals surface area (Å²) >= 11 is 6.14. The Balaban J connectivity index is 1.86. The molecule has 3 rings (SSSR count). The minimum atomic E-state index is -3.22. The topological polar surface area (TPSA) is 73.2 Å². The smallest absolute Gasteiger partial charge is 0.211 e. The minimum absolute atomic E-state index is 0.0601. The van der Waals surface area contributed by atoms with Gasteiger partial charge in [-0.1, -0.05) is 35.9 Å². The first-order valence-electron chi connectivity index (χ1n) is 8.38. The zero-order valence-electron chi connectivity index (χ0n) is 15.0. The lowest BCUT2D eigenvalue weighted by Crippen LogP contribution is -2.24. The molecule has 1 N–H and O–H groups in total. The summed E-state index contributed by atoms with van der Waals surface area (Å²) in [6.07, 6.45) is 0. The fourth-order valence-corrected chi connectivity index (χ4v) is 3.34. The van der Waals surface area contributed by atoms with Gasteiger partial charge in [0.15, 0.2) is 5.15 Å². The molecule has 1 aromatic heterocycles. The number of rotatable bonds is 7. The maximum absolute atomic E-state index is 11.6. The third-order valence-electron chi connectivity index (χ3n) is 4.12. The summed E-state index contributed by atoms with van der Waals surface area (Å²) in [4.78, 5) is 0. The van der Waals surface area contributed by atoms with Crippen LogP contribution in [0.3, 0.4) is 0 Å². The van der Waals surface area contributed by atoms with Crippen LogP contribution in [0.1, 0.15) is 12.5 Å². The van der Waals surface area contributed by atoms with Crippen LogP contribution in [0, 0.1) is 0 Å². The Hall–Kier alpha value is -2.35. The van der Waals surface area contributed by atoms with Crippen molar-refractivity contribution in [1.29, 1.82) is 0 Å². The van der Waals surface area contributed by atoms with Crippen molar-refractivity contribution < 1.29 is 13.2 Å². The molecule has 0 spiro atoms. The van der Waals surface area contributed by atoms with Crippen molar-refractivity contribution in [3.8, 4) is 22.7 Å². The molecular weight excluding hydrogens is 386 g/mol. The van der Waals surface area contributed by atoms with Gasteiger partial charge in [-0.25, -0.2) is 17.8 Å². The third-order valence-corrected chi connectivity index (χ3v) is 5.65. The van der Waals surface area contributed by atoms with Crippen LogP contribution in [0.2, 0.25) is 5.15 Å². The molecule has 6 nitrogen and oxygen atoms in total. The third kappa shape index (κ3) is 4.68. The van der Waals surface area contributed by atoms with Crippen molar-refractivity contribution >= 4 is 21.6 Å². The molecule has 27 heavy (non-hydrogen) atoms. The summed E-state index contributed by atoms with van der Waals surface area (Å²) in [7, 11) is -1.60. The molecule has 0 bridgehead atoms. The molecular formula is C19H20ClN3O3S. The van der Waals surface area contributed by atoms with Gasteiger partial charge in [0.05, 0.1) is 24.2 Å². The van der Waals surface area contributed by atoms with E-state index >= 15 is 0 Å². The van der Waals surface area contributed by atoms with Gasteiger partial charge in [-0.2, -0.15) is 5.10 Å². The van der Waals surface area contributed by atoms with Gasteiger partial charge in [0.1, 0.15) is 5.75 Å². The van der Waals surface area contributed by atoms with Gasteiger partial charge in [-0.3, -0.25) is 0 Å². The largest absolute Gasteiger partial charge is 0.497 e. The number of aromatic nitrogens is 2. The van der Waals surface area contributed by atoms with E-state index < -0.39 is 10.0 Å². The van der Waals surface area contributed by atoms with Crippen LogP contribution < -0.4 is 9.46 Å².